The third kappa shape index (κ3) is 4.29. The van der Waals surface area contributed by atoms with Crippen LogP contribution in [0.3, 0.4) is 0 Å². The molecule has 4 heteroatoms. The summed E-state index contributed by atoms with van der Waals surface area (Å²) in [6, 6.07) is 8.68. The molecular formula is C17H26N2O2. The van der Waals surface area contributed by atoms with Crippen molar-refractivity contribution in [1.29, 1.82) is 0 Å². The van der Waals surface area contributed by atoms with Gasteiger partial charge in [-0.2, -0.15) is 0 Å². The molecule has 1 aromatic carbocycles. The van der Waals surface area contributed by atoms with Crippen LogP contribution in [0.15, 0.2) is 24.3 Å². The minimum absolute atomic E-state index is 0.0785. The van der Waals surface area contributed by atoms with Crippen LogP contribution in [0.4, 0.5) is 0 Å². The van der Waals surface area contributed by atoms with Crippen LogP contribution in [-0.4, -0.2) is 43.2 Å². The second-order valence-corrected chi connectivity index (χ2v) is 5.76. The van der Waals surface area contributed by atoms with Crippen LogP contribution in [0.1, 0.15) is 37.9 Å². The lowest BCUT2D eigenvalue weighted by molar-refractivity contribution is -0.141. The number of hydrogen-bond donors (Lipinski definition) is 1. The van der Waals surface area contributed by atoms with Crippen LogP contribution in [0.2, 0.25) is 0 Å². The Morgan fingerprint density at radius 3 is 2.71 bits per heavy atom. The van der Waals surface area contributed by atoms with Gasteiger partial charge in [-0.25, -0.2) is 0 Å². The van der Waals surface area contributed by atoms with Gasteiger partial charge < -0.3 is 15.0 Å². The van der Waals surface area contributed by atoms with Gasteiger partial charge in [0.2, 0.25) is 5.91 Å². The maximum absolute atomic E-state index is 12.4. The average Bonchev–Trinajstić information content (AvgIpc) is 2.52. The Labute approximate surface area is 127 Å². The van der Waals surface area contributed by atoms with Crippen molar-refractivity contribution in [3.8, 4) is 0 Å². The van der Waals surface area contributed by atoms with Gasteiger partial charge in [0.15, 0.2) is 0 Å². The second-order valence-electron chi connectivity index (χ2n) is 5.76. The molecule has 116 valence electrons. The Morgan fingerprint density at radius 1 is 1.38 bits per heavy atom. The van der Waals surface area contributed by atoms with E-state index in [2.05, 4.69) is 36.5 Å². The topological polar surface area (TPSA) is 41.6 Å². The van der Waals surface area contributed by atoms with Crippen molar-refractivity contribution in [2.75, 3.05) is 26.2 Å². The molecule has 0 aromatic heterocycles. The Balaban J connectivity index is 2.08. The van der Waals surface area contributed by atoms with Gasteiger partial charge in [0.25, 0.3) is 0 Å². The van der Waals surface area contributed by atoms with Crippen molar-refractivity contribution >= 4 is 5.91 Å². The standard InChI is InChI=1S/C17H26N2O2/c1-4-14-5-7-15(8-6-14)16-11-18-9-10-19(16)17(20)12-21-13(2)3/h5-8,13,16,18H,4,9-12H2,1-3H3. The Morgan fingerprint density at radius 2 is 2.10 bits per heavy atom. The molecule has 0 radical (unpaired) electrons. The number of rotatable bonds is 5. The summed E-state index contributed by atoms with van der Waals surface area (Å²) < 4.78 is 5.47. The van der Waals surface area contributed by atoms with E-state index in [-0.39, 0.29) is 24.7 Å². The summed E-state index contributed by atoms with van der Waals surface area (Å²) in [5, 5.41) is 3.38. The van der Waals surface area contributed by atoms with Crippen LogP contribution in [0, 0.1) is 0 Å². The molecule has 2 rings (SSSR count). The van der Waals surface area contributed by atoms with E-state index in [4.69, 9.17) is 4.74 Å². The number of nitrogens with zero attached hydrogens (tertiary/aromatic N) is 1. The molecule has 21 heavy (non-hydrogen) atoms. The predicted molar refractivity (Wildman–Crippen MR) is 84.2 cm³/mol. The lowest BCUT2D eigenvalue weighted by Crippen LogP contribution is -2.49. The molecule has 1 aliphatic rings. The molecule has 0 saturated carbocycles. The molecule has 1 N–H and O–H groups in total. The van der Waals surface area contributed by atoms with Crippen molar-refractivity contribution < 1.29 is 9.53 Å². The van der Waals surface area contributed by atoms with E-state index in [0.29, 0.717) is 0 Å². The van der Waals surface area contributed by atoms with Gasteiger partial charge in [-0.15, -0.1) is 0 Å². The van der Waals surface area contributed by atoms with Crippen LogP contribution in [0.25, 0.3) is 0 Å². The number of carbonyl (C=O) groups is 1. The van der Waals surface area contributed by atoms with Crippen molar-refractivity contribution in [1.82, 2.24) is 10.2 Å². The van der Waals surface area contributed by atoms with E-state index < -0.39 is 0 Å². The van der Waals surface area contributed by atoms with Gasteiger partial charge in [-0.3, -0.25) is 4.79 Å². The summed E-state index contributed by atoms with van der Waals surface area (Å²) in [6.07, 6.45) is 1.12. The maximum Gasteiger partial charge on any atom is 0.249 e. The predicted octanol–water partition coefficient (Wildman–Crippen LogP) is 2.15. The van der Waals surface area contributed by atoms with E-state index in [1.54, 1.807) is 0 Å². The third-order valence-electron chi connectivity index (χ3n) is 3.88. The lowest BCUT2D eigenvalue weighted by Gasteiger charge is -2.36. The van der Waals surface area contributed by atoms with Crippen LogP contribution in [-0.2, 0) is 16.0 Å². The third-order valence-corrected chi connectivity index (χ3v) is 3.88. The molecule has 1 unspecified atom stereocenters. The van der Waals surface area contributed by atoms with E-state index >= 15 is 0 Å². The first kappa shape index (κ1) is 16.0. The van der Waals surface area contributed by atoms with Gasteiger partial charge in [0.1, 0.15) is 6.61 Å². The van der Waals surface area contributed by atoms with E-state index in [1.165, 1.54) is 11.1 Å². The smallest absolute Gasteiger partial charge is 0.249 e. The van der Waals surface area contributed by atoms with Gasteiger partial charge in [0, 0.05) is 19.6 Å². The minimum Gasteiger partial charge on any atom is -0.369 e. The van der Waals surface area contributed by atoms with Crippen LogP contribution < -0.4 is 5.32 Å². The molecule has 0 spiro atoms. The summed E-state index contributed by atoms with van der Waals surface area (Å²) in [4.78, 5) is 14.3. The SMILES string of the molecule is CCc1ccc(C2CNCCN2C(=O)COC(C)C)cc1. The number of amides is 1. The highest BCUT2D eigenvalue weighted by atomic mass is 16.5. The Bertz CT molecular complexity index is 456. The fraction of sp³-hybridized carbons (Fsp3) is 0.588. The van der Waals surface area contributed by atoms with E-state index in [9.17, 15) is 4.79 Å². The molecule has 0 aliphatic carbocycles. The first-order chi connectivity index (χ1) is 10.1. The molecule has 1 amide bonds. The second kappa shape index (κ2) is 7.57. The van der Waals surface area contributed by atoms with Crippen LogP contribution >= 0.6 is 0 Å². The average molecular weight is 290 g/mol. The fourth-order valence-electron chi connectivity index (χ4n) is 2.60. The highest BCUT2D eigenvalue weighted by molar-refractivity contribution is 5.78. The molecule has 1 fully saturated rings. The monoisotopic (exact) mass is 290 g/mol. The largest absolute Gasteiger partial charge is 0.369 e. The van der Waals surface area contributed by atoms with Crippen LogP contribution in [0.5, 0.6) is 0 Å². The number of piperazine rings is 1. The summed E-state index contributed by atoms with van der Waals surface area (Å²) in [7, 11) is 0. The number of ether oxygens (including phenoxy) is 1. The van der Waals surface area contributed by atoms with Crippen molar-refractivity contribution in [3.05, 3.63) is 35.4 Å². The van der Waals surface area contributed by atoms with Gasteiger partial charge in [0.05, 0.1) is 12.1 Å². The van der Waals surface area contributed by atoms with Crippen molar-refractivity contribution in [2.45, 2.75) is 39.3 Å². The number of benzene rings is 1. The number of carbonyl (C=O) groups excluding carboxylic acids is 1. The number of hydrogen-bond acceptors (Lipinski definition) is 3. The molecular weight excluding hydrogens is 264 g/mol. The van der Waals surface area contributed by atoms with E-state index in [1.807, 2.05) is 18.7 Å². The molecule has 1 heterocycles. The molecule has 4 nitrogen and oxygen atoms in total. The molecule has 1 aromatic rings. The van der Waals surface area contributed by atoms with Crippen molar-refractivity contribution in [3.63, 3.8) is 0 Å². The number of nitrogens with one attached hydrogen (secondary N) is 1. The zero-order chi connectivity index (χ0) is 15.2. The van der Waals surface area contributed by atoms with Gasteiger partial charge in [-0.05, 0) is 31.4 Å². The van der Waals surface area contributed by atoms with Gasteiger partial charge >= 0.3 is 0 Å². The van der Waals surface area contributed by atoms with Gasteiger partial charge in [-0.1, -0.05) is 31.2 Å². The minimum atomic E-state index is 0.0785. The first-order valence-corrected chi connectivity index (χ1v) is 7.82. The zero-order valence-electron chi connectivity index (χ0n) is 13.3. The molecule has 1 aliphatic heterocycles. The summed E-state index contributed by atoms with van der Waals surface area (Å²) >= 11 is 0. The summed E-state index contributed by atoms with van der Waals surface area (Å²) in [5.41, 5.74) is 2.51. The first-order valence-electron chi connectivity index (χ1n) is 7.82. The highest BCUT2D eigenvalue weighted by Crippen LogP contribution is 2.23. The zero-order valence-corrected chi connectivity index (χ0v) is 13.3. The molecule has 0 bridgehead atoms. The molecule has 1 atom stereocenters. The van der Waals surface area contributed by atoms with E-state index in [0.717, 1.165) is 26.1 Å². The normalized spacial score (nSPS) is 19.0. The Hall–Kier alpha value is -1.39. The Kier molecular flexibility index (Phi) is 5.76. The highest BCUT2D eigenvalue weighted by Gasteiger charge is 2.27. The maximum atomic E-state index is 12.4. The fourth-order valence-corrected chi connectivity index (χ4v) is 2.60. The molecule has 1 saturated heterocycles. The summed E-state index contributed by atoms with van der Waals surface area (Å²) in [6.45, 7) is 8.60. The number of aryl methyl sites for hydroxylation is 1. The quantitative estimate of drug-likeness (QED) is 0.903. The van der Waals surface area contributed by atoms with Crippen molar-refractivity contribution in [2.24, 2.45) is 0 Å². The summed E-state index contributed by atoms with van der Waals surface area (Å²) in [5.74, 6) is 0.0785. The lowest BCUT2D eigenvalue weighted by atomic mass is 10.0.